The Morgan fingerprint density at radius 2 is 2.29 bits per heavy atom. The molecule has 2 aromatic heterocycles. The molecule has 0 aromatic carbocycles. The van der Waals surface area contributed by atoms with Crippen molar-refractivity contribution in [1.82, 2.24) is 9.61 Å². The Morgan fingerprint density at radius 3 is 2.93 bits per heavy atom. The predicted octanol–water partition coefficient (Wildman–Crippen LogP) is 1.55. The van der Waals surface area contributed by atoms with Gasteiger partial charge in [-0.05, 0) is 19.1 Å². The van der Waals surface area contributed by atoms with Crippen LogP contribution in [0, 0.1) is 0 Å². The molecule has 0 aliphatic carbocycles. The van der Waals surface area contributed by atoms with Gasteiger partial charge in [-0.1, -0.05) is 0 Å². The highest BCUT2D eigenvalue weighted by atomic mass is 16.5. The highest BCUT2D eigenvalue weighted by molar-refractivity contribution is 6.00. The van der Waals surface area contributed by atoms with Crippen molar-refractivity contribution in [2.75, 3.05) is 7.11 Å². The fourth-order valence-corrected chi connectivity index (χ4v) is 1.36. The molecule has 0 N–H and O–H groups in total. The maximum Gasteiger partial charge on any atom is 0.163 e. The Kier molecular flexibility index (Phi) is 1.96. The molecule has 4 nitrogen and oxygen atoms in total. The van der Waals surface area contributed by atoms with Crippen LogP contribution in [0.2, 0.25) is 0 Å². The summed E-state index contributed by atoms with van der Waals surface area (Å²) in [5, 5.41) is 4.06. The van der Waals surface area contributed by atoms with E-state index in [4.69, 9.17) is 4.74 Å². The smallest absolute Gasteiger partial charge is 0.163 e. The zero-order valence-corrected chi connectivity index (χ0v) is 8.02. The Bertz CT molecular complexity index is 488. The van der Waals surface area contributed by atoms with Crippen molar-refractivity contribution in [2.24, 2.45) is 0 Å². The molecule has 0 aliphatic heterocycles. The summed E-state index contributed by atoms with van der Waals surface area (Å²) >= 11 is 0. The molecular weight excluding hydrogens is 180 g/mol. The summed E-state index contributed by atoms with van der Waals surface area (Å²) in [5.74, 6) is 0.737. The summed E-state index contributed by atoms with van der Waals surface area (Å²) in [4.78, 5) is 11.2. The second kappa shape index (κ2) is 3.14. The summed E-state index contributed by atoms with van der Waals surface area (Å²) in [6.07, 6.45) is 3.30. The van der Waals surface area contributed by atoms with Crippen LogP contribution in [-0.2, 0) is 0 Å². The highest BCUT2D eigenvalue weighted by Gasteiger charge is 2.07. The van der Waals surface area contributed by atoms with Crippen molar-refractivity contribution in [3.05, 3.63) is 30.1 Å². The predicted molar refractivity (Wildman–Crippen MR) is 51.7 cm³/mol. The van der Waals surface area contributed by atoms with Crippen LogP contribution in [0.1, 0.15) is 17.3 Å². The van der Waals surface area contributed by atoms with Crippen LogP contribution in [0.25, 0.3) is 5.52 Å². The van der Waals surface area contributed by atoms with E-state index in [0.717, 1.165) is 11.3 Å². The first kappa shape index (κ1) is 8.74. The summed E-state index contributed by atoms with van der Waals surface area (Å²) in [6.45, 7) is 1.53. The van der Waals surface area contributed by atoms with Crippen molar-refractivity contribution < 1.29 is 9.53 Å². The van der Waals surface area contributed by atoms with Gasteiger partial charge >= 0.3 is 0 Å². The number of carbonyl (C=O) groups excluding carboxylic acids is 1. The average molecular weight is 190 g/mol. The second-order valence-corrected chi connectivity index (χ2v) is 3.01. The maximum absolute atomic E-state index is 11.2. The molecule has 0 fully saturated rings. The molecular formula is C10H10N2O2. The van der Waals surface area contributed by atoms with Crippen LogP contribution in [0.5, 0.6) is 5.75 Å². The number of hydrogen-bond donors (Lipinski definition) is 0. The molecule has 0 atom stereocenters. The molecule has 0 radical (unpaired) electrons. The third-order valence-electron chi connectivity index (χ3n) is 2.10. The molecule has 0 aliphatic rings. The van der Waals surface area contributed by atoms with E-state index in [1.165, 1.54) is 6.92 Å². The number of carbonyl (C=O) groups is 1. The molecule has 14 heavy (non-hydrogen) atoms. The summed E-state index contributed by atoms with van der Waals surface area (Å²) in [6, 6.07) is 3.63. The van der Waals surface area contributed by atoms with Crippen LogP contribution in [0.15, 0.2) is 24.5 Å². The molecule has 72 valence electrons. The first-order valence-electron chi connectivity index (χ1n) is 4.24. The van der Waals surface area contributed by atoms with Gasteiger partial charge in [0.05, 0.1) is 30.6 Å². The largest absolute Gasteiger partial charge is 0.495 e. The van der Waals surface area contributed by atoms with Crippen LogP contribution in [0.4, 0.5) is 0 Å². The average Bonchev–Trinajstić information content (AvgIpc) is 2.59. The third kappa shape index (κ3) is 1.25. The van der Waals surface area contributed by atoms with E-state index in [9.17, 15) is 4.79 Å². The van der Waals surface area contributed by atoms with E-state index in [-0.39, 0.29) is 5.78 Å². The molecule has 4 heteroatoms. The van der Waals surface area contributed by atoms with Gasteiger partial charge in [0.2, 0.25) is 0 Å². The van der Waals surface area contributed by atoms with Crippen molar-refractivity contribution in [1.29, 1.82) is 0 Å². The van der Waals surface area contributed by atoms with Crippen LogP contribution in [-0.4, -0.2) is 22.5 Å². The Balaban J connectivity index is 2.65. The van der Waals surface area contributed by atoms with Crippen LogP contribution >= 0.6 is 0 Å². The number of pyridine rings is 1. The monoisotopic (exact) mass is 190 g/mol. The van der Waals surface area contributed by atoms with Crippen LogP contribution in [0.3, 0.4) is 0 Å². The van der Waals surface area contributed by atoms with Gasteiger partial charge in [-0.2, -0.15) is 5.10 Å². The topological polar surface area (TPSA) is 43.6 Å². The number of Topliss-reactive ketones (excluding diaryl/α,β-unsaturated/α-hetero) is 1. The summed E-state index contributed by atoms with van der Waals surface area (Å²) < 4.78 is 6.68. The van der Waals surface area contributed by atoms with Crippen molar-refractivity contribution in [2.45, 2.75) is 6.92 Å². The quantitative estimate of drug-likeness (QED) is 0.675. The molecule has 2 heterocycles. The van der Waals surface area contributed by atoms with E-state index in [1.807, 2.05) is 12.1 Å². The van der Waals surface area contributed by atoms with Gasteiger partial charge in [-0.15, -0.1) is 0 Å². The molecule has 0 saturated heterocycles. The number of aromatic nitrogens is 2. The maximum atomic E-state index is 11.2. The lowest BCUT2D eigenvalue weighted by molar-refractivity contribution is 0.101. The Morgan fingerprint density at radius 1 is 1.50 bits per heavy atom. The molecule has 0 saturated carbocycles. The van der Waals surface area contributed by atoms with E-state index in [2.05, 4.69) is 5.10 Å². The van der Waals surface area contributed by atoms with E-state index >= 15 is 0 Å². The minimum absolute atomic E-state index is 0.0187. The SMILES string of the molecule is COc1ccc2c(C(C)=O)cnn2c1. The lowest BCUT2D eigenvalue weighted by atomic mass is 10.2. The van der Waals surface area contributed by atoms with Gasteiger partial charge in [0.1, 0.15) is 5.75 Å². The zero-order valence-electron chi connectivity index (χ0n) is 8.02. The second-order valence-electron chi connectivity index (χ2n) is 3.01. The number of ether oxygens (including phenoxy) is 1. The summed E-state index contributed by atoms with van der Waals surface area (Å²) in [7, 11) is 1.59. The van der Waals surface area contributed by atoms with E-state index in [1.54, 1.807) is 24.0 Å². The molecule has 0 amide bonds. The number of rotatable bonds is 2. The van der Waals surface area contributed by atoms with Crippen molar-refractivity contribution in [3.8, 4) is 5.75 Å². The zero-order chi connectivity index (χ0) is 10.1. The first-order chi connectivity index (χ1) is 6.72. The van der Waals surface area contributed by atoms with Crippen molar-refractivity contribution >= 4 is 11.3 Å². The Hall–Kier alpha value is -1.84. The van der Waals surface area contributed by atoms with Gasteiger partial charge in [-0.3, -0.25) is 4.79 Å². The standard InChI is InChI=1S/C10H10N2O2/c1-7(13)9-5-11-12-6-8(14-2)3-4-10(9)12/h3-6H,1-2H3. The number of fused-ring (bicyclic) bond motifs is 1. The van der Waals surface area contributed by atoms with Crippen molar-refractivity contribution in [3.63, 3.8) is 0 Å². The fraction of sp³-hybridized carbons (Fsp3) is 0.200. The fourth-order valence-electron chi connectivity index (χ4n) is 1.36. The molecule has 0 bridgehead atoms. The molecule has 2 aromatic rings. The van der Waals surface area contributed by atoms with Gasteiger partial charge < -0.3 is 4.74 Å². The number of hydrogen-bond acceptors (Lipinski definition) is 3. The number of methoxy groups -OCH3 is 1. The van der Waals surface area contributed by atoms with Crippen LogP contribution < -0.4 is 4.74 Å². The number of nitrogens with zero attached hydrogens (tertiary/aromatic N) is 2. The Labute approximate surface area is 81.1 Å². The number of ketones is 1. The minimum atomic E-state index is 0.0187. The normalized spacial score (nSPS) is 10.4. The van der Waals surface area contributed by atoms with Gasteiger partial charge in [0.15, 0.2) is 5.78 Å². The first-order valence-corrected chi connectivity index (χ1v) is 4.24. The summed E-state index contributed by atoms with van der Waals surface area (Å²) in [5.41, 5.74) is 1.44. The van der Waals surface area contributed by atoms with Gasteiger partial charge in [0.25, 0.3) is 0 Å². The van der Waals surface area contributed by atoms with Gasteiger partial charge in [0, 0.05) is 0 Å². The minimum Gasteiger partial charge on any atom is -0.495 e. The van der Waals surface area contributed by atoms with Gasteiger partial charge in [-0.25, -0.2) is 4.52 Å². The lowest BCUT2D eigenvalue weighted by Crippen LogP contribution is -1.93. The van der Waals surface area contributed by atoms with E-state index < -0.39 is 0 Å². The lowest BCUT2D eigenvalue weighted by Gasteiger charge is -1.99. The molecule has 0 unspecified atom stereocenters. The third-order valence-corrected chi connectivity index (χ3v) is 2.10. The molecule has 2 rings (SSSR count). The van der Waals surface area contributed by atoms with E-state index in [0.29, 0.717) is 5.56 Å². The molecule has 0 spiro atoms. The highest BCUT2D eigenvalue weighted by Crippen LogP contribution is 2.16.